The Morgan fingerprint density at radius 3 is 2.56 bits per heavy atom. The molecule has 1 amide bonds. The van der Waals surface area contributed by atoms with Gasteiger partial charge in [-0.15, -0.1) is 0 Å². The summed E-state index contributed by atoms with van der Waals surface area (Å²) in [4.78, 5) is 35.0. The topological polar surface area (TPSA) is 146 Å². The number of carbonyl (C=O) groups is 2. The molecule has 0 spiro atoms. The van der Waals surface area contributed by atoms with E-state index in [2.05, 4.69) is 20.4 Å². The molecule has 4 aromatic rings. The largest absolute Gasteiger partial charge is 0.473 e. The van der Waals surface area contributed by atoms with Gasteiger partial charge >= 0.3 is 5.97 Å². The highest BCUT2D eigenvalue weighted by Gasteiger charge is 2.19. The lowest BCUT2D eigenvalue weighted by molar-refractivity contribution is -0.145. The number of anilines is 1. The Bertz CT molecular complexity index is 1410. The first kappa shape index (κ1) is 29.4. The van der Waals surface area contributed by atoms with Crippen molar-refractivity contribution in [1.82, 2.24) is 20.0 Å². The van der Waals surface area contributed by atoms with E-state index in [9.17, 15) is 9.59 Å². The van der Waals surface area contributed by atoms with Crippen molar-refractivity contribution >= 4 is 17.7 Å². The smallest absolute Gasteiger partial charge is 0.322 e. The third kappa shape index (κ3) is 9.23. The maximum absolute atomic E-state index is 12.6. The number of nitrogens with two attached hydrogens (primary N) is 1. The van der Waals surface area contributed by atoms with Crippen molar-refractivity contribution in [3.63, 3.8) is 0 Å². The molecule has 3 heterocycles. The lowest BCUT2D eigenvalue weighted by Crippen LogP contribution is -2.34. The molecule has 0 fully saturated rings. The highest BCUT2D eigenvalue weighted by molar-refractivity contribution is 5.93. The van der Waals surface area contributed by atoms with Crippen LogP contribution < -0.4 is 15.8 Å². The van der Waals surface area contributed by atoms with Crippen LogP contribution in [0.25, 0.3) is 11.3 Å². The highest BCUT2D eigenvalue weighted by atomic mass is 16.5. The summed E-state index contributed by atoms with van der Waals surface area (Å²) in [5.41, 5.74) is 9.30. The molecular weight excluding hydrogens is 524 g/mol. The van der Waals surface area contributed by atoms with Crippen LogP contribution in [0.4, 0.5) is 5.82 Å². The summed E-state index contributed by atoms with van der Waals surface area (Å²) in [5.74, 6) is 0.537. The van der Waals surface area contributed by atoms with Crippen LogP contribution in [0.3, 0.4) is 0 Å². The summed E-state index contributed by atoms with van der Waals surface area (Å²) in [6, 6.07) is 18.1. The van der Waals surface area contributed by atoms with Gasteiger partial charge in [0.2, 0.25) is 11.8 Å². The number of hydrogen-bond acceptors (Lipinski definition) is 10. The number of nitrogens with zero attached hydrogens (tertiary/aromatic N) is 4. The molecule has 0 aliphatic heterocycles. The van der Waals surface area contributed by atoms with Gasteiger partial charge in [0, 0.05) is 43.9 Å². The summed E-state index contributed by atoms with van der Waals surface area (Å²) in [6.07, 6.45) is 4.01. The van der Waals surface area contributed by atoms with Gasteiger partial charge < -0.3 is 29.9 Å². The van der Waals surface area contributed by atoms with Crippen molar-refractivity contribution in [2.75, 3.05) is 32.6 Å². The molecule has 0 unspecified atom stereocenters. The van der Waals surface area contributed by atoms with Crippen molar-refractivity contribution in [1.29, 1.82) is 0 Å². The van der Waals surface area contributed by atoms with Gasteiger partial charge in [-0.2, -0.15) is 0 Å². The van der Waals surface area contributed by atoms with Gasteiger partial charge in [0.05, 0.1) is 11.3 Å². The normalized spacial score (nSPS) is 11.7. The van der Waals surface area contributed by atoms with E-state index < -0.39 is 12.0 Å². The van der Waals surface area contributed by atoms with Crippen LogP contribution in [0.15, 0.2) is 77.6 Å². The number of amides is 1. The number of hydrogen-bond donors (Lipinski definition) is 2. The average molecular weight is 559 g/mol. The maximum Gasteiger partial charge on any atom is 0.322 e. The predicted octanol–water partition coefficient (Wildman–Crippen LogP) is 3.45. The third-order valence-corrected chi connectivity index (χ3v) is 6.09. The van der Waals surface area contributed by atoms with Gasteiger partial charge in [0.15, 0.2) is 5.76 Å². The van der Waals surface area contributed by atoms with Crippen molar-refractivity contribution in [2.45, 2.75) is 31.9 Å². The van der Waals surface area contributed by atoms with Crippen molar-refractivity contribution in [2.24, 2.45) is 5.73 Å². The van der Waals surface area contributed by atoms with E-state index in [1.807, 2.05) is 67.5 Å². The van der Waals surface area contributed by atoms with E-state index in [0.717, 1.165) is 16.8 Å². The first-order valence-electron chi connectivity index (χ1n) is 13.3. The molecule has 0 saturated carbocycles. The minimum absolute atomic E-state index is 0.0323. The Kier molecular flexibility index (Phi) is 10.5. The third-order valence-electron chi connectivity index (χ3n) is 6.09. The number of rotatable bonds is 14. The molecule has 3 N–H and O–H groups in total. The first-order chi connectivity index (χ1) is 19.9. The van der Waals surface area contributed by atoms with E-state index in [1.165, 1.54) is 0 Å². The van der Waals surface area contributed by atoms with Gasteiger partial charge in [0.1, 0.15) is 25.1 Å². The molecule has 0 bridgehead atoms. The van der Waals surface area contributed by atoms with E-state index in [1.54, 1.807) is 24.5 Å². The molecule has 0 radical (unpaired) electrons. The second kappa shape index (κ2) is 14.7. The molecule has 4 rings (SSSR count). The lowest BCUT2D eigenvalue weighted by atomic mass is 10.1. The molecule has 1 atom stereocenters. The SMILES string of the molecule is CN(C)CCOC(=O)[C@@H](N)CCC(=O)Nc1ncccc1-c1cc(Cc2ccc(COc3ccccn3)cc2)no1. The summed E-state index contributed by atoms with van der Waals surface area (Å²) in [6.45, 7) is 1.27. The number of benzene rings is 1. The van der Waals surface area contributed by atoms with Gasteiger partial charge in [0.25, 0.3) is 0 Å². The molecule has 0 aliphatic rings. The zero-order valence-corrected chi connectivity index (χ0v) is 23.2. The fraction of sp³-hybridized carbons (Fsp3) is 0.300. The summed E-state index contributed by atoms with van der Waals surface area (Å²) < 4.78 is 16.4. The van der Waals surface area contributed by atoms with Crippen molar-refractivity contribution < 1.29 is 23.6 Å². The zero-order valence-electron chi connectivity index (χ0n) is 23.2. The van der Waals surface area contributed by atoms with Crippen LogP contribution in [-0.2, 0) is 27.4 Å². The van der Waals surface area contributed by atoms with Crippen LogP contribution in [0.1, 0.15) is 29.7 Å². The van der Waals surface area contributed by atoms with Gasteiger partial charge in [-0.25, -0.2) is 9.97 Å². The van der Waals surface area contributed by atoms with Gasteiger partial charge in [-0.05, 0) is 49.8 Å². The first-order valence-corrected chi connectivity index (χ1v) is 13.3. The molecule has 0 saturated heterocycles. The molecule has 41 heavy (non-hydrogen) atoms. The predicted molar refractivity (Wildman–Crippen MR) is 153 cm³/mol. The van der Waals surface area contributed by atoms with Crippen molar-refractivity contribution in [3.8, 4) is 17.2 Å². The van der Waals surface area contributed by atoms with Crippen LogP contribution in [0.2, 0.25) is 0 Å². The molecule has 214 valence electrons. The van der Waals surface area contributed by atoms with Gasteiger partial charge in [-0.3, -0.25) is 9.59 Å². The number of aromatic nitrogens is 3. The number of nitrogens with one attached hydrogen (secondary N) is 1. The van der Waals surface area contributed by atoms with Crippen LogP contribution in [0, 0.1) is 0 Å². The van der Waals surface area contributed by atoms with Crippen LogP contribution in [0.5, 0.6) is 5.88 Å². The number of pyridine rings is 2. The van der Waals surface area contributed by atoms with Crippen LogP contribution in [-0.4, -0.2) is 65.2 Å². The number of esters is 1. The summed E-state index contributed by atoms with van der Waals surface area (Å²) in [7, 11) is 3.76. The van der Waals surface area contributed by atoms with Crippen LogP contribution >= 0.6 is 0 Å². The van der Waals surface area contributed by atoms with Gasteiger partial charge in [-0.1, -0.05) is 35.5 Å². The summed E-state index contributed by atoms with van der Waals surface area (Å²) in [5, 5.41) is 6.98. The number of likely N-dealkylation sites (N-methyl/N-ethyl adjacent to an activating group) is 1. The minimum atomic E-state index is -0.884. The van der Waals surface area contributed by atoms with E-state index >= 15 is 0 Å². The van der Waals surface area contributed by atoms with E-state index in [-0.39, 0.29) is 25.4 Å². The summed E-state index contributed by atoms with van der Waals surface area (Å²) >= 11 is 0. The molecule has 11 heteroatoms. The molecule has 0 aliphatic carbocycles. The molecule has 3 aromatic heterocycles. The minimum Gasteiger partial charge on any atom is -0.473 e. The molecular formula is C30H34N6O5. The number of ether oxygens (including phenoxy) is 2. The molecule has 1 aromatic carbocycles. The highest BCUT2D eigenvalue weighted by Crippen LogP contribution is 2.27. The Morgan fingerprint density at radius 1 is 1.02 bits per heavy atom. The van der Waals surface area contributed by atoms with Crippen molar-refractivity contribution in [3.05, 3.63) is 89.9 Å². The average Bonchev–Trinajstić information content (AvgIpc) is 3.44. The second-order valence-corrected chi connectivity index (χ2v) is 9.70. The fourth-order valence-electron chi connectivity index (χ4n) is 3.81. The number of carbonyl (C=O) groups excluding carboxylic acids is 2. The zero-order chi connectivity index (χ0) is 29.0. The maximum atomic E-state index is 12.6. The Hall–Kier alpha value is -4.61. The standard InChI is InChI=1S/C30H34N6O5/c1-36(2)16-17-39-30(38)25(31)12-13-27(37)34-29-24(6-5-15-33-29)26-19-23(35-41-26)18-21-8-10-22(11-9-21)20-40-28-7-3-4-14-32-28/h3-11,14-15,19,25H,12-13,16-18,20,31H2,1-2H3,(H,33,34,37)/t25-/m0/s1. The van der Waals surface area contributed by atoms with E-state index in [4.69, 9.17) is 19.7 Å². The van der Waals surface area contributed by atoms with E-state index in [0.29, 0.717) is 42.6 Å². The Labute approximate surface area is 238 Å². The second-order valence-electron chi connectivity index (χ2n) is 9.70. The fourth-order valence-corrected chi connectivity index (χ4v) is 3.81. The molecule has 11 nitrogen and oxygen atoms in total. The monoisotopic (exact) mass is 558 g/mol. The quantitative estimate of drug-likeness (QED) is 0.221. The Balaban J connectivity index is 1.29. The Morgan fingerprint density at radius 2 is 1.80 bits per heavy atom. The lowest BCUT2D eigenvalue weighted by Gasteiger charge is -2.14.